The molecule has 1 atom stereocenters. The number of aryl methyl sites for hydroxylation is 2. The number of hydrogen-bond acceptors (Lipinski definition) is 3. The Kier molecular flexibility index (Phi) is 5.55. The lowest BCUT2D eigenvalue weighted by atomic mass is 9.90. The molecule has 1 N–H and O–H groups in total. The van der Waals surface area contributed by atoms with E-state index in [1.807, 2.05) is 49.6 Å². The number of anilines is 1. The van der Waals surface area contributed by atoms with E-state index in [4.69, 9.17) is 4.42 Å². The minimum Gasteiger partial charge on any atom is -0.463 e. The molecule has 3 heterocycles. The molecule has 174 valence electrons. The Balaban J connectivity index is 1.58. The average molecular weight is 448 g/mol. The summed E-state index contributed by atoms with van der Waals surface area (Å²) < 4.78 is 7.53. The van der Waals surface area contributed by atoms with Gasteiger partial charge in [0.1, 0.15) is 11.2 Å². The molecule has 0 saturated heterocycles. The maximum absolute atomic E-state index is 14.0. The zero-order chi connectivity index (χ0) is 23.2. The van der Waals surface area contributed by atoms with Crippen molar-refractivity contribution in [3.05, 3.63) is 53.4 Å². The van der Waals surface area contributed by atoms with Crippen molar-refractivity contribution < 1.29 is 14.0 Å². The van der Waals surface area contributed by atoms with E-state index in [9.17, 15) is 9.59 Å². The molecule has 1 aliphatic heterocycles. The van der Waals surface area contributed by atoms with Gasteiger partial charge in [-0.25, -0.2) is 0 Å². The minimum atomic E-state index is -1.06. The van der Waals surface area contributed by atoms with Crippen LogP contribution in [0.25, 0.3) is 11.1 Å². The van der Waals surface area contributed by atoms with Gasteiger partial charge in [0.05, 0.1) is 18.3 Å². The SMILES string of the molecule is Cc1ccc(C)c(N2C(=O)c3cc4occc4n3CC2(C)C(=O)NC2CCCCCCC2)c1. The molecular formula is C27H33N3O3. The molecule has 2 amide bonds. The summed E-state index contributed by atoms with van der Waals surface area (Å²) in [6, 6.07) is 9.89. The normalized spacial score (nSPS) is 22.2. The number of hydrogen-bond donors (Lipinski definition) is 1. The summed E-state index contributed by atoms with van der Waals surface area (Å²) in [6.45, 7) is 6.29. The van der Waals surface area contributed by atoms with E-state index in [0.29, 0.717) is 17.8 Å². The van der Waals surface area contributed by atoms with Crippen molar-refractivity contribution in [1.82, 2.24) is 9.88 Å². The summed E-state index contributed by atoms with van der Waals surface area (Å²) in [6.07, 6.45) is 9.64. The van der Waals surface area contributed by atoms with E-state index in [0.717, 1.165) is 48.0 Å². The molecule has 6 heteroatoms. The van der Waals surface area contributed by atoms with Gasteiger partial charge in [-0.3, -0.25) is 14.5 Å². The molecule has 0 spiro atoms. The van der Waals surface area contributed by atoms with Crippen LogP contribution < -0.4 is 10.2 Å². The van der Waals surface area contributed by atoms with Crippen LogP contribution in [0.4, 0.5) is 5.69 Å². The van der Waals surface area contributed by atoms with Gasteiger partial charge < -0.3 is 14.3 Å². The van der Waals surface area contributed by atoms with Gasteiger partial charge in [-0.2, -0.15) is 0 Å². The number of nitrogens with one attached hydrogen (secondary N) is 1. The lowest BCUT2D eigenvalue weighted by Crippen LogP contribution is -2.65. The predicted octanol–water partition coefficient (Wildman–Crippen LogP) is 5.50. The third-order valence-corrected chi connectivity index (χ3v) is 7.44. The summed E-state index contributed by atoms with van der Waals surface area (Å²) >= 11 is 0. The molecule has 3 aromatic rings. The first-order chi connectivity index (χ1) is 15.9. The summed E-state index contributed by atoms with van der Waals surface area (Å²) in [4.78, 5) is 29.6. The zero-order valence-electron chi connectivity index (χ0n) is 19.8. The van der Waals surface area contributed by atoms with Crippen LogP contribution in [0.5, 0.6) is 0 Å². The zero-order valence-corrected chi connectivity index (χ0v) is 19.8. The topological polar surface area (TPSA) is 67.5 Å². The quantitative estimate of drug-likeness (QED) is 0.576. The van der Waals surface area contributed by atoms with E-state index in [2.05, 4.69) is 5.32 Å². The Morgan fingerprint density at radius 2 is 1.79 bits per heavy atom. The monoisotopic (exact) mass is 447 g/mol. The molecule has 2 aromatic heterocycles. The maximum atomic E-state index is 14.0. The number of furan rings is 1. The lowest BCUT2D eigenvalue weighted by Gasteiger charge is -2.45. The van der Waals surface area contributed by atoms with Crippen LogP contribution in [-0.2, 0) is 11.3 Å². The molecule has 1 aliphatic carbocycles. The summed E-state index contributed by atoms with van der Waals surface area (Å²) in [5.74, 6) is -0.255. The third-order valence-electron chi connectivity index (χ3n) is 7.44. The number of carbonyl (C=O) groups excluding carboxylic acids is 2. The first-order valence-electron chi connectivity index (χ1n) is 12.2. The molecule has 6 nitrogen and oxygen atoms in total. The van der Waals surface area contributed by atoms with Gasteiger partial charge in [0.2, 0.25) is 5.91 Å². The molecular weight excluding hydrogens is 414 g/mol. The number of rotatable bonds is 3. The fourth-order valence-corrected chi connectivity index (χ4v) is 5.49. The second kappa shape index (κ2) is 8.40. The Morgan fingerprint density at radius 3 is 2.55 bits per heavy atom. The average Bonchev–Trinajstić information content (AvgIpc) is 3.35. The van der Waals surface area contributed by atoms with Crippen molar-refractivity contribution >= 4 is 28.6 Å². The Bertz CT molecular complexity index is 1200. The van der Waals surface area contributed by atoms with E-state index in [-0.39, 0.29) is 17.9 Å². The highest BCUT2D eigenvalue weighted by molar-refractivity contribution is 6.14. The second-order valence-electron chi connectivity index (χ2n) is 10.0. The molecule has 1 saturated carbocycles. The van der Waals surface area contributed by atoms with Crippen LogP contribution >= 0.6 is 0 Å². The van der Waals surface area contributed by atoms with Crippen molar-refractivity contribution in [2.45, 2.75) is 83.8 Å². The van der Waals surface area contributed by atoms with Crippen LogP contribution in [0.1, 0.15) is 73.5 Å². The molecule has 2 aliphatic rings. The van der Waals surface area contributed by atoms with E-state index >= 15 is 0 Å². The number of aromatic nitrogens is 1. The van der Waals surface area contributed by atoms with Gasteiger partial charge in [-0.15, -0.1) is 0 Å². The van der Waals surface area contributed by atoms with Crippen LogP contribution in [0.2, 0.25) is 0 Å². The van der Waals surface area contributed by atoms with Gasteiger partial charge in [-0.1, -0.05) is 44.2 Å². The maximum Gasteiger partial charge on any atom is 0.276 e. The summed E-state index contributed by atoms with van der Waals surface area (Å²) in [5, 5.41) is 3.35. The fraction of sp³-hybridized carbons (Fsp3) is 0.481. The molecule has 1 fully saturated rings. The minimum absolute atomic E-state index is 0.0849. The molecule has 5 rings (SSSR count). The predicted molar refractivity (Wildman–Crippen MR) is 130 cm³/mol. The van der Waals surface area contributed by atoms with Crippen molar-refractivity contribution in [3.8, 4) is 0 Å². The van der Waals surface area contributed by atoms with Crippen molar-refractivity contribution in [2.24, 2.45) is 0 Å². The Hall–Kier alpha value is -3.02. The Morgan fingerprint density at radius 1 is 1.06 bits per heavy atom. The fourth-order valence-electron chi connectivity index (χ4n) is 5.49. The number of nitrogens with zero attached hydrogens (tertiary/aromatic N) is 2. The smallest absolute Gasteiger partial charge is 0.276 e. The number of carbonyl (C=O) groups is 2. The van der Waals surface area contributed by atoms with Gasteiger partial charge in [0, 0.05) is 23.9 Å². The second-order valence-corrected chi connectivity index (χ2v) is 10.0. The van der Waals surface area contributed by atoms with Crippen LogP contribution in [0.3, 0.4) is 0 Å². The Labute approximate surface area is 194 Å². The first-order valence-corrected chi connectivity index (χ1v) is 12.2. The van der Waals surface area contributed by atoms with E-state index < -0.39 is 5.54 Å². The standard InChI is InChI=1S/C27H33N3O3/c1-18-11-12-19(2)22(15-18)30-25(31)23-16-24-21(13-14-33-24)29(23)17-27(30,3)26(32)28-20-9-7-5-4-6-8-10-20/h11-16,20H,4-10,17H2,1-3H3,(H,28,32). The lowest BCUT2D eigenvalue weighted by molar-refractivity contribution is -0.127. The molecule has 33 heavy (non-hydrogen) atoms. The van der Waals surface area contributed by atoms with Crippen molar-refractivity contribution in [3.63, 3.8) is 0 Å². The molecule has 0 bridgehead atoms. The molecule has 1 aromatic carbocycles. The van der Waals surface area contributed by atoms with Gasteiger partial charge in [0.25, 0.3) is 5.91 Å². The van der Waals surface area contributed by atoms with Crippen molar-refractivity contribution in [2.75, 3.05) is 4.90 Å². The van der Waals surface area contributed by atoms with Gasteiger partial charge >= 0.3 is 0 Å². The van der Waals surface area contributed by atoms with Crippen LogP contribution in [0.15, 0.2) is 41.0 Å². The summed E-state index contributed by atoms with van der Waals surface area (Å²) in [5.41, 5.74) is 3.84. The summed E-state index contributed by atoms with van der Waals surface area (Å²) in [7, 11) is 0. The van der Waals surface area contributed by atoms with Crippen molar-refractivity contribution in [1.29, 1.82) is 0 Å². The molecule has 0 radical (unpaired) electrons. The van der Waals surface area contributed by atoms with Gasteiger partial charge in [-0.05, 0) is 50.8 Å². The van der Waals surface area contributed by atoms with Gasteiger partial charge in [0.15, 0.2) is 5.58 Å². The van der Waals surface area contributed by atoms with Crippen LogP contribution in [-0.4, -0.2) is 28.0 Å². The largest absolute Gasteiger partial charge is 0.463 e. The van der Waals surface area contributed by atoms with Crippen LogP contribution in [0, 0.1) is 13.8 Å². The highest BCUT2D eigenvalue weighted by atomic mass is 16.3. The first kappa shape index (κ1) is 21.8. The third kappa shape index (κ3) is 3.75. The highest BCUT2D eigenvalue weighted by Gasteiger charge is 2.49. The highest BCUT2D eigenvalue weighted by Crippen LogP contribution is 2.38. The van der Waals surface area contributed by atoms with E-state index in [1.165, 1.54) is 19.3 Å². The number of amides is 2. The molecule has 1 unspecified atom stereocenters. The van der Waals surface area contributed by atoms with E-state index in [1.54, 1.807) is 17.2 Å². The number of fused-ring (bicyclic) bond motifs is 3. The number of benzene rings is 1.